The molecule has 2 heterocycles. The lowest BCUT2D eigenvalue weighted by atomic mass is 10.1. The van der Waals surface area contributed by atoms with Gasteiger partial charge in [0, 0.05) is 31.4 Å². The molecule has 0 aliphatic carbocycles. The molecule has 1 aliphatic rings. The van der Waals surface area contributed by atoms with Gasteiger partial charge in [0.2, 0.25) is 5.91 Å². The molecule has 7 nitrogen and oxygen atoms in total. The van der Waals surface area contributed by atoms with Gasteiger partial charge in [-0.1, -0.05) is 30.3 Å². The van der Waals surface area contributed by atoms with Crippen LogP contribution in [0.25, 0.3) is 0 Å². The first-order chi connectivity index (χ1) is 12.0. The summed E-state index contributed by atoms with van der Waals surface area (Å²) in [6.07, 6.45) is 3.20. The fourth-order valence-corrected chi connectivity index (χ4v) is 3.07. The zero-order valence-electron chi connectivity index (χ0n) is 14.4. The number of hydrogen-bond acceptors (Lipinski definition) is 4. The number of nitrogens with zero attached hydrogens (tertiary/aromatic N) is 3. The largest absolute Gasteiger partial charge is 0.340 e. The maximum absolute atomic E-state index is 12.6. The van der Waals surface area contributed by atoms with Crippen molar-refractivity contribution in [1.82, 2.24) is 14.0 Å². The number of piperidine rings is 1. The molecule has 140 valence electrons. The van der Waals surface area contributed by atoms with Crippen molar-refractivity contribution in [2.45, 2.75) is 32.0 Å². The monoisotopic (exact) mass is 378 g/mol. The predicted octanol–water partition coefficient (Wildman–Crippen LogP) is 0.430. The minimum absolute atomic E-state index is 0. The topological polar surface area (TPSA) is 90.3 Å². The second-order valence-corrected chi connectivity index (χ2v) is 6.38. The number of halogens is 1. The van der Waals surface area contributed by atoms with E-state index in [-0.39, 0.29) is 30.9 Å². The number of amides is 1. The third kappa shape index (κ3) is 4.62. The van der Waals surface area contributed by atoms with Crippen molar-refractivity contribution in [3.05, 3.63) is 69.0 Å². The van der Waals surface area contributed by atoms with Gasteiger partial charge in [0.1, 0.15) is 6.54 Å². The first-order valence-electron chi connectivity index (χ1n) is 8.42. The summed E-state index contributed by atoms with van der Waals surface area (Å²) in [5.41, 5.74) is 5.90. The molecule has 1 aromatic carbocycles. The summed E-state index contributed by atoms with van der Waals surface area (Å²) in [7, 11) is 0. The summed E-state index contributed by atoms with van der Waals surface area (Å²) in [6.45, 7) is 1.19. The smallest absolute Gasteiger partial charge is 0.331 e. The Labute approximate surface area is 157 Å². The van der Waals surface area contributed by atoms with Crippen LogP contribution in [0.3, 0.4) is 0 Å². The number of aromatic nitrogens is 2. The van der Waals surface area contributed by atoms with E-state index >= 15 is 0 Å². The van der Waals surface area contributed by atoms with E-state index < -0.39 is 11.2 Å². The van der Waals surface area contributed by atoms with Crippen LogP contribution >= 0.6 is 12.4 Å². The van der Waals surface area contributed by atoms with Crippen molar-refractivity contribution >= 4 is 18.3 Å². The molecule has 26 heavy (non-hydrogen) atoms. The lowest BCUT2D eigenvalue weighted by Gasteiger charge is -2.30. The summed E-state index contributed by atoms with van der Waals surface area (Å²) < 4.78 is 2.43. The van der Waals surface area contributed by atoms with E-state index in [1.165, 1.54) is 16.8 Å². The summed E-state index contributed by atoms with van der Waals surface area (Å²) >= 11 is 0. The van der Waals surface area contributed by atoms with Crippen LogP contribution in [0.5, 0.6) is 0 Å². The van der Waals surface area contributed by atoms with Crippen LogP contribution in [0.15, 0.2) is 52.2 Å². The Morgan fingerprint density at radius 1 is 1.15 bits per heavy atom. The minimum atomic E-state index is -0.481. The second-order valence-electron chi connectivity index (χ2n) is 6.38. The normalized spacial score (nSPS) is 16.8. The Morgan fingerprint density at radius 2 is 1.88 bits per heavy atom. The minimum Gasteiger partial charge on any atom is -0.340 e. The Bertz CT molecular complexity index is 863. The van der Waals surface area contributed by atoms with E-state index in [1.54, 1.807) is 4.90 Å². The quantitative estimate of drug-likeness (QED) is 0.835. The average molecular weight is 379 g/mol. The van der Waals surface area contributed by atoms with Gasteiger partial charge in [-0.15, -0.1) is 12.4 Å². The molecule has 0 spiro atoms. The van der Waals surface area contributed by atoms with Gasteiger partial charge >= 0.3 is 5.69 Å². The highest BCUT2D eigenvalue weighted by molar-refractivity contribution is 5.85. The molecule has 1 aromatic heterocycles. The van der Waals surface area contributed by atoms with Crippen molar-refractivity contribution in [3.63, 3.8) is 0 Å². The SMILES string of the molecule is Cl.NC1CCCN(C(=O)Cn2c(=O)ccn(Cc3ccccc3)c2=O)C1. The van der Waals surface area contributed by atoms with Gasteiger partial charge in [-0.3, -0.25) is 18.7 Å². The van der Waals surface area contributed by atoms with Crippen molar-refractivity contribution in [3.8, 4) is 0 Å². The van der Waals surface area contributed by atoms with Crippen LogP contribution in [0.4, 0.5) is 0 Å². The lowest BCUT2D eigenvalue weighted by molar-refractivity contribution is -0.133. The molecule has 2 aromatic rings. The maximum atomic E-state index is 12.6. The van der Waals surface area contributed by atoms with Crippen LogP contribution < -0.4 is 17.0 Å². The highest BCUT2D eigenvalue weighted by atomic mass is 35.5. The first-order valence-corrected chi connectivity index (χ1v) is 8.42. The first kappa shape index (κ1) is 19.9. The van der Waals surface area contributed by atoms with Gasteiger partial charge in [-0.2, -0.15) is 0 Å². The van der Waals surface area contributed by atoms with Crippen molar-refractivity contribution in [1.29, 1.82) is 0 Å². The van der Waals surface area contributed by atoms with Crippen LogP contribution in [-0.4, -0.2) is 39.1 Å². The van der Waals surface area contributed by atoms with Crippen LogP contribution in [0, 0.1) is 0 Å². The summed E-state index contributed by atoms with van der Waals surface area (Å²) in [5, 5.41) is 0. The molecule has 0 radical (unpaired) electrons. The number of carbonyl (C=O) groups is 1. The standard InChI is InChI=1S/C18H22N4O3.ClH/c19-15-7-4-9-20(12-15)17(24)13-22-16(23)8-10-21(18(22)25)11-14-5-2-1-3-6-14;/h1-3,5-6,8,10,15H,4,7,9,11-13,19H2;1H. The maximum Gasteiger partial charge on any atom is 0.331 e. The number of rotatable bonds is 4. The van der Waals surface area contributed by atoms with Gasteiger partial charge in [0.25, 0.3) is 5.56 Å². The molecule has 1 amide bonds. The zero-order chi connectivity index (χ0) is 17.8. The third-order valence-corrected chi connectivity index (χ3v) is 4.44. The second kappa shape index (κ2) is 8.82. The van der Waals surface area contributed by atoms with E-state index in [9.17, 15) is 14.4 Å². The van der Waals surface area contributed by atoms with Gasteiger partial charge in [0.15, 0.2) is 0 Å². The molecule has 1 aliphatic heterocycles. The molecular formula is C18H23ClN4O3. The highest BCUT2D eigenvalue weighted by Crippen LogP contribution is 2.08. The van der Waals surface area contributed by atoms with Crippen molar-refractivity contribution in [2.24, 2.45) is 5.73 Å². The fraction of sp³-hybridized carbons (Fsp3) is 0.389. The van der Waals surface area contributed by atoms with E-state index in [4.69, 9.17) is 5.73 Å². The predicted molar refractivity (Wildman–Crippen MR) is 102 cm³/mol. The summed E-state index contributed by atoms with van der Waals surface area (Å²) in [4.78, 5) is 38.8. The Kier molecular flexibility index (Phi) is 6.76. The van der Waals surface area contributed by atoms with E-state index in [1.807, 2.05) is 30.3 Å². The summed E-state index contributed by atoms with van der Waals surface area (Å²) in [5.74, 6) is -0.244. The number of carbonyl (C=O) groups excluding carboxylic acids is 1. The van der Waals surface area contributed by atoms with Gasteiger partial charge in [0.05, 0.1) is 6.54 Å². The number of benzene rings is 1. The third-order valence-electron chi connectivity index (χ3n) is 4.44. The van der Waals surface area contributed by atoms with Crippen LogP contribution in [-0.2, 0) is 17.9 Å². The average Bonchev–Trinajstić information content (AvgIpc) is 2.62. The van der Waals surface area contributed by atoms with Crippen LogP contribution in [0.2, 0.25) is 0 Å². The highest BCUT2D eigenvalue weighted by Gasteiger charge is 2.22. The molecule has 1 saturated heterocycles. The number of likely N-dealkylation sites (tertiary alicyclic amines) is 1. The fourth-order valence-electron chi connectivity index (χ4n) is 3.07. The lowest BCUT2D eigenvalue weighted by Crippen LogP contribution is -2.49. The van der Waals surface area contributed by atoms with Gasteiger partial charge in [-0.05, 0) is 18.4 Å². The Hall–Kier alpha value is -2.38. The van der Waals surface area contributed by atoms with E-state index in [0.717, 1.165) is 23.0 Å². The van der Waals surface area contributed by atoms with Gasteiger partial charge in [-0.25, -0.2) is 4.79 Å². The van der Waals surface area contributed by atoms with Gasteiger partial charge < -0.3 is 10.6 Å². The van der Waals surface area contributed by atoms with E-state index in [0.29, 0.717) is 19.6 Å². The van der Waals surface area contributed by atoms with E-state index in [2.05, 4.69) is 0 Å². The molecule has 0 saturated carbocycles. The molecule has 1 fully saturated rings. The molecule has 2 N–H and O–H groups in total. The molecule has 3 rings (SSSR count). The Balaban J connectivity index is 0.00000243. The van der Waals surface area contributed by atoms with Crippen molar-refractivity contribution < 1.29 is 4.79 Å². The molecule has 1 atom stereocenters. The zero-order valence-corrected chi connectivity index (χ0v) is 15.2. The molecular weight excluding hydrogens is 356 g/mol. The Morgan fingerprint density at radius 3 is 2.58 bits per heavy atom. The van der Waals surface area contributed by atoms with Crippen molar-refractivity contribution in [2.75, 3.05) is 13.1 Å². The summed E-state index contributed by atoms with van der Waals surface area (Å²) in [6, 6.07) is 10.8. The molecule has 8 heteroatoms. The molecule has 1 unspecified atom stereocenters. The molecule has 0 bridgehead atoms. The number of hydrogen-bond donors (Lipinski definition) is 1. The number of nitrogens with two attached hydrogens (primary N) is 1. The van der Waals surface area contributed by atoms with Crippen LogP contribution in [0.1, 0.15) is 18.4 Å².